The van der Waals surface area contributed by atoms with Crippen LogP contribution in [-0.4, -0.2) is 35.1 Å². The number of hydrogen-bond acceptors (Lipinski definition) is 2. The summed E-state index contributed by atoms with van der Waals surface area (Å²) in [5, 5.41) is 9.34. The van der Waals surface area contributed by atoms with E-state index in [2.05, 4.69) is 0 Å². The highest BCUT2D eigenvalue weighted by Gasteiger charge is 2.33. The minimum atomic E-state index is -4.37. The number of benzene rings is 1. The van der Waals surface area contributed by atoms with Crippen LogP contribution in [0.4, 0.5) is 13.2 Å². The number of aliphatic carboxylic acids is 1. The van der Waals surface area contributed by atoms with E-state index in [0.717, 1.165) is 31.4 Å². The van der Waals surface area contributed by atoms with Crippen molar-refractivity contribution in [2.45, 2.75) is 43.9 Å². The predicted octanol–water partition coefficient (Wildman–Crippen LogP) is 3.19. The second-order valence-corrected chi connectivity index (χ2v) is 5.50. The molecule has 1 aliphatic rings. The first kappa shape index (κ1) is 15.8. The lowest BCUT2D eigenvalue weighted by atomic mass is 9.90. The molecule has 0 amide bonds. The first-order chi connectivity index (χ1) is 9.79. The van der Waals surface area contributed by atoms with Crippen LogP contribution in [0.2, 0.25) is 0 Å². The lowest BCUT2D eigenvalue weighted by molar-refractivity contribution is -0.144. The van der Waals surface area contributed by atoms with Gasteiger partial charge in [0.1, 0.15) is 6.04 Å². The smallest absolute Gasteiger partial charge is 0.416 e. The highest BCUT2D eigenvalue weighted by Crippen LogP contribution is 2.30. The largest absolute Gasteiger partial charge is 0.480 e. The number of likely N-dealkylation sites (N-methyl/N-ethyl adjacent to an activating group) is 1. The molecule has 1 aromatic carbocycles. The van der Waals surface area contributed by atoms with Gasteiger partial charge in [0, 0.05) is 6.04 Å². The van der Waals surface area contributed by atoms with E-state index < -0.39 is 23.8 Å². The van der Waals surface area contributed by atoms with E-state index in [9.17, 15) is 23.1 Å². The van der Waals surface area contributed by atoms with Gasteiger partial charge in [-0.15, -0.1) is 0 Å². The van der Waals surface area contributed by atoms with Crippen molar-refractivity contribution in [3.8, 4) is 0 Å². The molecule has 2 rings (SSSR count). The number of alkyl halides is 3. The molecule has 0 saturated heterocycles. The summed E-state index contributed by atoms with van der Waals surface area (Å²) in [4.78, 5) is 13.2. The zero-order valence-electron chi connectivity index (χ0n) is 11.7. The van der Waals surface area contributed by atoms with Crippen molar-refractivity contribution in [2.24, 2.45) is 0 Å². The predicted molar refractivity (Wildman–Crippen MR) is 72.0 cm³/mol. The van der Waals surface area contributed by atoms with Gasteiger partial charge in [-0.1, -0.05) is 18.6 Å². The second kappa shape index (κ2) is 6.05. The normalized spacial score (nSPS) is 17.6. The zero-order chi connectivity index (χ0) is 15.6. The first-order valence-electron chi connectivity index (χ1n) is 6.90. The number of rotatable bonds is 5. The summed E-state index contributed by atoms with van der Waals surface area (Å²) < 4.78 is 37.5. The maximum absolute atomic E-state index is 12.5. The average molecular weight is 301 g/mol. The Balaban J connectivity index is 2.08. The van der Waals surface area contributed by atoms with Crippen molar-refractivity contribution in [1.82, 2.24) is 4.90 Å². The molecular weight excluding hydrogens is 283 g/mol. The molecule has 3 nitrogen and oxygen atoms in total. The molecule has 0 unspecified atom stereocenters. The van der Waals surface area contributed by atoms with E-state index >= 15 is 0 Å². The van der Waals surface area contributed by atoms with E-state index in [1.807, 2.05) is 4.90 Å². The lowest BCUT2D eigenvalue weighted by Gasteiger charge is -2.38. The minimum Gasteiger partial charge on any atom is -0.480 e. The summed E-state index contributed by atoms with van der Waals surface area (Å²) in [5.74, 6) is -0.940. The molecule has 0 radical (unpaired) electrons. The maximum Gasteiger partial charge on any atom is 0.416 e. The highest BCUT2D eigenvalue weighted by molar-refractivity contribution is 5.74. The van der Waals surface area contributed by atoms with Crippen molar-refractivity contribution in [2.75, 3.05) is 7.05 Å². The van der Waals surface area contributed by atoms with Crippen LogP contribution in [0.5, 0.6) is 0 Å². The van der Waals surface area contributed by atoms with Gasteiger partial charge in [-0.05, 0) is 44.0 Å². The Bertz CT molecular complexity index is 495. The average Bonchev–Trinajstić information content (AvgIpc) is 2.32. The van der Waals surface area contributed by atoms with E-state index in [1.54, 1.807) is 7.05 Å². The number of carboxylic acid groups (broad SMARTS) is 1. The molecule has 1 aliphatic carbocycles. The van der Waals surface area contributed by atoms with Crippen molar-refractivity contribution in [1.29, 1.82) is 0 Å². The number of carbonyl (C=O) groups is 1. The monoisotopic (exact) mass is 301 g/mol. The molecule has 0 heterocycles. The molecular formula is C15H18F3NO2. The van der Waals surface area contributed by atoms with Crippen LogP contribution < -0.4 is 0 Å². The van der Waals surface area contributed by atoms with Gasteiger partial charge in [0.2, 0.25) is 0 Å². The zero-order valence-corrected chi connectivity index (χ0v) is 11.7. The molecule has 1 fully saturated rings. The molecule has 1 atom stereocenters. The number of carboxylic acids is 1. The van der Waals surface area contributed by atoms with Crippen molar-refractivity contribution in [3.63, 3.8) is 0 Å². The standard InChI is InChI=1S/C15H18F3NO2/c1-19(12-3-2-4-12)13(14(20)21)9-10-5-7-11(8-6-10)15(16,17)18/h5-8,12-13H,2-4,9H2,1H3,(H,20,21)/t13-/m0/s1. The van der Waals surface area contributed by atoms with Crippen molar-refractivity contribution >= 4 is 5.97 Å². The van der Waals surface area contributed by atoms with Crippen molar-refractivity contribution < 1.29 is 23.1 Å². The Morgan fingerprint density at radius 2 is 1.90 bits per heavy atom. The topological polar surface area (TPSA) is 40.5 Å². The van der Waals surface area contributed by atoms with Crippen LogP contribution in [0.25, 0.3) is 0 Å². The quantitative estimate of drug-likeness (QED) is 0.908. The second-order valence-electron chi connectivity index (χ2n) is 5.50. The van der Waals surface area contributed by atoms with Crippen LogP contribution in [0.1, 0.15) is 30.4 Å². The summed E-state index contributed by atoms with van der Waals surface area (Å²) >= 11 is 0. The Labute approximate surface area is 121 Å². The number of nitrogens with zero attached hydrogens (tertiary/aromatic N) is 1. The SMILES string of the molecule is CN(C1CCC1)[C@@H](Cc1ccc(C(F)(F)F)cc1)C(=O)O. The first-order valence-corrected chi connectivity index (χ1v) is 6.90. The summed E-state index contributed by atoms with van der Waals surface area (Å²) in [6, 6.07) is 4.27. The molecule has 21 heavy (non-hydrogen) atoms. The molecule has 0 bridgehead atoms. The third-order valence-corrected chi connectivity index (χ3v) is 4.14. The van der Waals surface area contributed by atoms with Gasteiger partial charge in [-0.3, -0.25) is 9.69 Å². The highest BCUT2D eigenvalue weighted by atomic mass is 19.4. The van der Waals surface area contributed by atoms with Gasteiger partial charge < -0.3 is 5.11 Å². The summed E-state index contributed by atoms with van der Waals surface area (Å²) in [6.07, 6.45) is -1.10. The Hall–Kier alpha value is -1.56. The fraction of sp³-hybridized carbons (Fsp3) is 0.533. The van der Waals surface area contributed by atoms with Gasteiger partial charge in [0.25, 0.3) is 0 Å². The maximum atomic E-state index is 12.5. The van der Waals surface area contributed by atoms with E-state index in [0.29, 0.717) is 5.56 Å². The third-order valence-electron chi connectivity index (χ3n) is 4.14. The van der Waals surface area contributed by atoms with Crippen LogP contribution in [0.3, 0.4) is 0 Å². The van der Waals surface area contributed by atoms with Gasteiger partial charge in [0.05, 0.1) is 5.56 Å². The molecule has 1 aromatic rings. The molecule has 0 aliphatic heterocycles. The Morgan fingerprint density at radius 3 is 2.29 bits per heavy atom. The van der Waals surface area contributed by atoms with Crippen LogP contribution in [-0.2, 0) is 17.4 Å². The van der Waals surface area contributed by atoms with Crippen molar-refractivity contribution in [3.05, 3.63) is 35.4 Å². The number of hydrogen-bond donors (Lipinski definition) is 1. The Kier molecular flexibility index (Phi) is 4.56. The molecule has 1 N–H and O–H groups in total. The lowest BCUT2D eigenvalue weighted by Crippen LogP contribution is -2.48. The molecule has 0 aromatic heterocycles. The fourth-order valence-corrected chi connectivity index (χ4v) is 2.51. The summed E-state index contributed by atoms with van der Waals surface area (Å²) in [5.41, 5.74) is -0.118. The minimum absolute atomic E-state index is 0.209. The van der Waals surface area contributed by atoms with Gasteiger partial charge in [-0.2, -0.15) is 13.2 Å². The van der Waals surface area contributed by atoms with Gasteiger partial charge in [-0.25, -0.2) is 0 Å². The van der Waals surface area contributed by atoms with Gasteiger partial charge in [0.15, 0.2) is 0 Å². The van der Waals surface area contributed by atoms with Crippen LogP contribution in [0, 0.1) is 0 Å². The van der Waals surface area contributed by atoms with Crippen LogP contribution >= 0.6 is 0 Å². The van der Waals surface area contributed by atoms with E-state index in [1.165, 1.54) is 12.1 Å². The van der Waals surface area contributed by atoms with E-state index in [-0.39, 0.29) is 12.5 Å². The molecule has 1 saturated carbocycles. The Morgan fingerprint density at radius 1 is 1.33 bits per heavy atom. The summed E-state index contributed by atoms with van der Waals surface area (Å²) in [7, 11) is 1.77. The molecule has 0 spiro atoms. The van der Waals surface area contributed by atoms with E-state index in [4.69, 9.17) is 0 Å². The molecule has 6 heteroatoms. The summed E-state index contributed by atoms with van der Waals surface area (Å²) in [6.45, 7) is 0. The van der Waals surface area contributed by atoms with Crippen LogP contribution in [0.15, 0.2) is 24.3 Å². The third kappa shape index (κ3) is 3.75. The molecule has 116 valence electrons. The van der Waals surface area contributed by atoms with Gasteiger partial charge >= 0.3 is 12.1 Å². The fourth-order valence-electron chi connectivity index (χ4n) is 2.51. The number of halogens is 3.